The van der Waals surface area contributed by atoms with Crippen LogP contribution in [0.1, 0.15) is 20.8 Å². The van der Waals surface area contributed by atoms with Crippen LogP contribution in [0.3, 0.4) is 0 Å². The van der Waals surface area contributed by atoms with E-state index in [0.717, 1.165) is 6.26 Å². The van der Waals surface area contributed by atoms with Gasteiger partial charge in [0, 0.05) is 6.26 Å². The molecule has 102 valence electrons. The molecule has 1 aromatic rings. The van der Waals surface area contributed by atoms with E-state index in [4.69, 9.17) is 4.18 Å². The van der Waals surface area contributed by atoms with Crippen LogP contribution in [0.4, 0.5) is 0 Å². The van der Waals surface area contributed by atoms with Crippen LogP contribution >= 0.6 is 0 Å². The molecule has 0 saturated heterocycles. The molecule has 0 N–H and O–H groups in total. The zero-order valence-electron chi connectivity index (χ0n) is 10.7. The van der Waals surface area contributed by atoms with Crippen molar-refractivity contribution in [2.24, 2.45) is 0 Å². The average molecular weight is 292 g/mol. The Morgan fingerprint density at radius 2 is 1.28 bits per heavy atom. The molecule has 0 radical (unpaired) electrons. The van der Waals surface area contributed by atoms with E-state index in [1.54, 1.807) is 20.8 Å². The lowest BCUT2D eigenvalue weighted by Crippen LogP contribution is -2.24. The van der Waals surface area contributed by atoms with Gasteiger partial charge in [-0.3, -0.25) is 4.18 Å². The molecule has 0 bridgehead atoms. The highest BCUT2D eigenvalue weighted by Gasteiger charge is 2.24. The van der Waals surface area contributed by atoms with Gasteiger partial charge in [0.2, 0.25) is 0 Å². The standard InChI is InChI=1S/C11H16O5S2/c1-11(2,3)16-18(14,15)10-7-5-9(6-8-10)17(4,12)13/h5-8H,1-4H3. The molecule has 0 heterocycles. The van der Waals surface area contributed by atoms with Crippen LogP contribution in [-0.2, 0) is 24.1 Å². The van der Waals surface area contributed by atoms with E-state index in [1.807, 2.05) is 0 Å². The molecular weight excluding hydrogens is 276 g/mol. The Morgan fingerprint density at radius 3 is 1.61 bits per heavy atom. The smallest absolute Gasteiger partial charge is 0.261 e. The first kappa shape index (κ1) is 15.1. The van der Waals surface area contributed by atoms with Gasteiger partial charge in [-0.25, -0.2) is 8.42 Å². The molecule has 0 aromatic heterocycles. The van der Waals surface area contributed by atoms with Crippen molar-refractivity contribution < 1.29 is 21.0 Å². The van der Waals surface area contributed by atoms with E-state index in [-0.39, 0.29) is 9.79 Å². The fourth-order valence-electron chi connectivity index (χ4n) is 1.23. The first-order chi connectivity index (χ1) is 7.92. The van der Waals surface area contributed by atoms with Crippen LogP contribution in [0.25, 0.3) is 0 Å². The van der Waals surface area contributed by atoms with Gasteiger partial charge in [-0.2, -0.15) is 8.42 Å². The molecule has 0 aliphatic carbocycles. The summed E-state index contributed by atoms with van der Waals surface area (Å²) in [5, 5.41) is 0. The number of hydrogen-bond acceptors (Lipinski definition) is 5. The first-order valence-corrected chi connectivity index (χ1v) is 8.47. The van der Waals surface area contributed by atoms with Gasteiger partial charge in [0.15, 0.2) is 9.84 Å². The fraction of sp³-hybridized carbons (Fsp3) is 0.455. The molecule has 18 heavy (non-hydrogen) atoms. The maximum absolute atomic E-state index is 11.8. The van der Waals surface area contributed by atoms with Gasteiger partial charge in [-0.1, -0.05) is 0 Å². The minimum absolute atomic E-state index is 0.0650. The topological polar surface area (TPSA) is 77.5 Å². The van der Waals surface area contributed by atoms with Crippen molar-refractivity contribution in [1.82, 2.24) is 0 Å². The summed E-state index contributed by atoms with van der Waals surface area (Å²) in [6, 6.07) is 4.93. The normalized spacial score (nSPS) is 13.6. The van der Waals surface area contributed by atoms with Gasteiger partial charge in [0.1, 0.15) is 0 Å². The largest absolute Gasteiger partial charge is 0.297 e. The maximum Gasteiger partial charge on any atom is 0.297 e. The van der Waals surface area contributed by atoms with Crippen LogP contribution in [0.15, 0.2) is 34.1 Å². The maximum atomic E-state index is 11.8. The molecule has 0 aliphatic rings. The third-order valence-electron chi connectivity index (χ3n) is 1.90. The summed E-state index contributed by atoms with van der Waals surface area (Å²) >= 11 is 0. The first-order valence-electron chi connectivity index (χ1n) is 5.18. The third kappa shape index (κ3) is 4.08. The van der Waals surface area contributed by atoms with E-state index in [0.29, 0.717) is 0 Å². The molecule has 0 aliphatic heterocycles. The Kier molecular flexibility index (Phi) is 3.90. The van der Waals surface area contributed by atoms with Gasteiger partial charge in [-0.05, 0) is 45.0 Å². The number of sulfone groups is 1. The van der Waals surface area contributed by atoms with Crippen molar-refractivity contribution in [3.05, 3.63) is 24.3 Å². The Labute approximate surface area is 108 Å². The predicted molar refractivity (Wildman–Crippen MR) is 67.6 cm³/mol. The average Bonchev–Trinajstić information content (AvgIpc) is 2.13. The second-order valence-corrected chi connectivity index (χ2v) is 8.46. The van der Waals surface area contributed by atoms with Crippen LogP contribution < -0.4 is 0 Å². The lowest BCUT2D eigenvalue weighted by molar-refractivity contribution is 0.139. The summed E-state index contributed by atoms with van der Waals surface area (Å²) in [4.78, 5) is 0.00188. The van der Waals surface area contributed by atoms with E-state index in [9.17, 15) is 16.8 Å². The van der Waals surface area contributed by atoms with Crippen molar-refractivity contribution in [2.45, 2.75) is 36.2 Å². The highest BCUT2D eigenvalue weighted by molar-refractivity contribution is 7.90. The second-order valence-electron chi connectivity index (χ2n) is 4.89. The number of hydrogen-bond donors (Lipinski definition) is 0. The lowest BCUT2D eigenvalue weighted by Gasteiger charge is -2.18. The molecule has 7 heteroatoms. The fourth-order valence-corrected chi connectivity index (χ4v) is 3.09. The molecule has 0 fully saturated rings. The number of benzene rings is 1. The van der Waals surface area contributed by atoms with Crippen LogP contribution in [0.2, 0.25) is 0 Å². The SMILES string of the molecule is CC(C)(C)OS(=O)(=O)c1ccc(S(C)(=O)=O)cc1. The highest BCUT2D eigenvalue weighted by atomic mass is 32.2. The summed E-state index contributed by atoms with van der Waals surface area (Å²) in [5.74, 6) is 0. The summed E-state index contributed by atoms with van der Waals surface area (Å²) in [6.07, 6.45) is 1.06. The molecule has 0 saturated carbocycles. The zero-order valence-corrected chi connectivity index (χ0v) is 12.3. The van der Waals surface area contributed by atoms with Crippen molar-refractivity contribution in [2.75, 3.05) is 6.26 Å². The van der Waals surface area contributed by atoms with Gasteiger partial charge in [-0.15, -0.1) is 0 Å². The monoisotopic (exact) mass is 292 g/mol. The molecule has 0 amide bonds. The van der Waals surface area contributed by atoms with Crippen molar-refractivity contribution >= 4 is 20.0 Å². The Bertz CT molecular complexity index is 619. The minimum Gasteiger partial charge on any atom is -0.261 e. The Balaban J connectivity index is 3.14. The summed E-state index contributed by atoms with van der Waals surface area (Å²) in [7, 11) is -7.21. The summed E-state index contributed by atoms with van der Waals surface area (Å²) < 4.78 is 51.1. The number of rotatable bonds is 3. The molecule has 1 rings (SSSR count). The van der Waals surface area contributed by atoms with E-state index in [1.165, 1.54) is 24.3 Å². The van der Waals surface area contributed by atoms with Crippen molar-refractivity contribution in [3.63, 3.8) is 0 Å². The van der Waals surface area contributed by atoms with Crippen molar-refractivity contribution in [1.29, 1.82) is 0 Å². The molecule has 0 spiro atoms. The van der Waals surface area contributed by atoms with Gasteiger partial charge in [0.05, 0.1) is 15.4 Å². The lowest BCUT2D eigenvalue weighted by atomic mass is 10.2. The summed E-state index contributed by atoms with van der Waals surface area (Å²) in [6.45, 7) is 4.86. The minimum atomic E-state index is -3.88. The Morgan fingerprint density at radius 1 is 0.889 bits per heavy atom. The zero-order chi connectivity index (χ0) is 14.2. The molecule has 1 aromatic carbocycles. The van der Waals surface area contributed by atoms with E-state index >= 15 is 0 Å². The molecule has 5 nitrogen and oxygen atoms in total. The van der Waals surface area contributed by atoms with Crippen molar-refractivity contribution in [3.8, 4) is 0 Å². The molecular formula is C11H16O5S2. The van der Waals surface area contributed by atoms with Crippen LogP contribution in [0, 0.1) is 0 Å². The summed E-state index contributed by atoms with van der Waals surface area (Å²) in [5.41, 5.74) is -0.839. The quantitative estimate of drug-likeness (QED) is 0.791. The van der Waals surface area contributed by atoms with Crippen LogP contribution in [0.5, 0.6) is 0 Å². The van der Waals surface area contributed by atoms with Gasteiger partial charge < -0.3 is 0 Å². The van der Waals surface area contributed by atoms with Gasteiger partial charge >= 0.3 is 0 Å². The second kappa shape index (κ2) is 4.64. The molecule has 0 atom stereocenters. The molecule has 0 unspecified atom stereocenters. The predicted octanol–water partition coefficient (Wildman–Crippen LogP) is 1.59. The third-order valence-corrected chi connectivity index (χ3v) is 4.60. The highest BCUT2D eigenvalue weighted by Crippen LogP contribution is 2.21. The van der Waals surface area contributed by atoms with E-state index in [2.05, 4.69) is 0 Å². The Hall–Kier alpha value is -0.920. The van der Waals surface area contributed by atoms with E-state index < -0.39 is 25.6 Å². The van der Waals surface area contributed by atoms with Gasteiger partial charge in [0.25, 0.3) is 10.1 Å². The van der Waals surface area contributed by atoms with Crippen LogP contribution in [-0.4, -0.2) is 28.7 Å².